The molecule has 2 atom stereocenters. The number of carbonyl (C=O) groups is 2. The number of hydrogen-bond donors (Lipinski definition) is 1. The van der Waals surface area contributed by atoms with Crippen molar-refractivity contribution in [3.63, 3.8) is 0 Å². The van der Waals surface area contributed by atoms with Gasteiger partial charge in [-0.2, -0.15) is 0 Å². The van der Waals surface area contributed by atoms with Gasteiger partial charge in [-0.15, -0.1) is 0 Å². The van der Waals surface area contributed by atoms with Gasteiger partial charge in [0.15, 0.2) is 0 Å². The molecule has 0 radical (unpaired) electrons. The molecule has 0 aromatic carbocycles. The van der Waals surface area contributed by atoms with Crippen molar-refractivity contribution < 1.29 is 19.1 Å². The van der Waals surface area contributed by atoms with Gasteiger partial charge in [-0.25, -0.2) is 0 Å². The Balaban J connectivity index is 1.79. The van der Waals surface area contributed by atoms with Crippen LogP contribution < -0.4 is 5.73 Å². The van der Waals surface area contributed by atoms with E-state index in [1.165, 1.54) is 7.11 Å². The maximum Gasteiger partial charge on any atom is 0.251 e. The molecule has 2 saturated heterocycles. The van der Waals surface area contributed by atoms with Gasteiger partial charge in [-0.05, 0) is 12.8 Å². The van der Waals surface area contributed by atoms with Crippen LogP contribution in [0, 0.1) is 0 Å². The fourth-order valence-corrected chi connectivity index (χ4v) is 2.66. The number of rotatable bonds is 4. The molecule has 114 valence electrons. The maximum absolute atomic E-state index is 12.3. The van der Waals surface area contributed by atoms with E-state index in [4.69, 9.17) is 15.2 Å². The Morgan fingerprint density at radius 2 is 1.85 bits per heavy atom. The lowest BCUT2D eigenvalue weighted by Crippen LogP contribution is -2.53. The molecular weight excluding hydrogens is 262 g/mol. The molecule has 0 saturated carbocycles. The lowest BCUT2D eigenvalue weighted by molar-refractivity contribution is -0.148. The molecule has 0 bridgehead atoms. The fourth-order valence-electron chi connectivity index (χ4n) is 2.66. The summed E-state index contributed by atoms with van der Waals surface area (Å²) in [4.78, 5) is 27.5. The van der Waals surface area contributed by atoms with Gasteiger partial charge < -0.3 is 25.0 Å². The molecule has 0 aromatic rings. The van der Waals surface area contributed by atoms with Crippen molar-refractivity contribution >= 4 is 11.8 Å². The average molecular weight is 285 g/mol. The summed E-state index contributed by atoms with van der Waals surface area (Å²) < 4.78 is 10.5. The van der Waals surface area contributed by atoms with Crippen molar-refractivity contribution in [2.75, 3.05) is 46.4 Å². The number of methoxy groups -OCH3 is 1. The highest BCUT2D eigenvalue weighted by Gasteiger charge is 2.34. The summed E-state index contributed by atoms with van der Waals surface area (Å²) in [5, 5.41) is 0. The van der Waals surface area contributed by atoms with Crippen LogP contribution >= 0.6 is 0 Å². The minimum Gasteiger partial charge on any atom is -0.375 e. The number of hydrogen-bond acceptors (Lipinski definition) is 5. The molecule has 2 rings (SSSR count). The first-order valence-corrected chi connectivity index (χ1v) is 7.06. The van der Waals surface area contributed by atoms with Gasteiger partial charge in [0.05, 0.1) is 6.10 Å². The Labute approximate surface area is 119 Å². The Morgan fingerprint density at radius 1 is 1.20 bits per heavy atom. The van der Waals surface area contributed by atoms with Crippen molar-refractivity contribution in [3.05, 3.63) is 0 Å². The van der Waals surface area contributed by atoms with Gasteiger partial charge in [-0.1, -0.05) is 0 Å². The topological polar surface area (TPSA) is 85.1 Å². The van der Waals surface area contributed by atoms with Crippen molar-refractivity contribution in [2.24, 2.45) is 5.73 Å². The zero-order chi connectivity index (χ0) is 14.5. The zero-order valence-electron chi connectivity index (χ0n) is 11.9. The van der Waals surface area contributed by atoms with Crippen molar-refractivity contribution in [1.82, 2.24) is 9.80 Å². The zero-order valence-corrected chi connectivity index (χ0v) is 11.9. The Morgan fingerprint density at radius 3 is 2.40 bits per heavy atom. The first kappa shape index (κ1) is 15.2. The first-order valence-electron chi connectivity index (χ1n) is 7.06. The third kappa shape index (κ3) is 3.47. The van der Waals surface area contributed by atoms with Crippen LogP contribution in [0.15, 0.2) is 0 Å². The van der Waals surface area contributed by atoms with Crippen LogP contribution in [0.25, 0.3) is 0 Å². The smallest absolute Gasteiger partial charge is 0.251 e. The second-order valence-electron chi connectivity index (χ2n) is 5.20. The highest BCUT2D eigenvalue weighted by Crippen LogP contribution is 2.21. The lowest BCUT2D eigenvalue weighted by Gasteiger charge is -2.35. The van der Waals surface area contributed by atoms with Crippen LogP contribution in [0.3, 0.4) is 0 Å². The third-order valence-electron chi connectivity index (χ3n) is 3.86. The van der Waals surface area contributed by atoms with Crippen molar-refractivity contribution in [1.29, 1.82) is 0 Å². The van der Waals surface area contributed by atoms with E-state index in [2.05, 4.69) is 0 Å². The van der Waals surface area contributed by atoms with Crippen LogP contribution in [0.4, 0.5) is 0 Å². The molecule has 7 heteroatoms. The van der Waals surface area contributed by atoms with Gasteiger partial charge in [-0.3, -0.25) is 9.59 Å². The van der Waals surface area contributed by atoms with Gasteiger partial charge in [0.25, 0.3) is 5.91 Å². The molecule has 20 heavy (non-hydrogen) atoms. The number of nitrogens with two attached hydrogens (primary N) is 1. The Kier molecular flexibility index (Phi) is 5.33. The van der Waals surface area contributed by atoms with E-state index < -0.39 is 0 Å². The molecule has 2 aliphatic rings. The molecule has 2 N–H and O–H groups in total. The van der Waals surface area contributed by atoms with E-state index in [-0.39, 0.29) is 30.6 Å². The van der Waals surface area contributed by atoms with Crippen molar-refractivity contribution in [3.8, 4) is 0 Å². The van der Waals surface area contributed by atoms with Gasteiger partial charge in [0, 0.05) is 39.8 Å². The summed E-state index contributed by atoms with van der Waals surface area (Å²) in [5.74, 6) is -0.000276. The van der Waals surface area contributed by atoms with E-state index >= 15 is 0 Å². The monoisotopic (exact) mass is 285 g/mol. The summed E-state index contributed by atoms with van der Waals surface area (Å²) in [6, 6.07) is 0. The molecule has 2 heterocycles. The number of ether oxygens (including phenoxy) is 2. The highest BCUT2D eigenvalue weighted by atomic mass is 16.5. The molecule has 0 aliphatic carbocycles. The Hall–Kier alpha value is -1.18. The molecule has 2 aliphatic heterocycles. The van der Waals surface area contributed by atoms with Crippen LogP contribution in [0.1, 0.15) is 12.8 Å². The van der Waals surface area contributed by atoms with E-state index in [9.17, 15) is 9.59 Å². The second-order valence-corrected chi connectivity index (χ2v) is 5.20. The second kappa shape index (κ2) is 7.01. The quantitative estimate of drug-likeness (QED) is 0.702. The molecule has 0 spiro atoms. The van der Waals surface area contributed by atoms with E-state index in [1.54, 1.807) is 9.80 Å². The van der Waals surface area contributed by atoms with E-state index in [0.29, 0.717) is 32.7 Å². The molecule has 2 fully saturated rings. The largest absolute Gasteiger partial charge is 0.375 e. The normalized spacial score (nSPS) is 26.9. The average Bonchev–Trinajstić information content (AvgIpc) is 2.96. The molecule has 0 aromatic heterocycles. The van der Waals surface area contributed by atoms with Crippen LogP contribution in [-0.2, 0) is 19.1 Å². The predicted molar refractivity (Wildman–Crippen MR) is 72.0 cm³/mol. The van der Waals surface area contributed by atoms with Gasteiger partial charge in [0.1, 0.15) is 12.7 Å². The van der Waals surface area contributed by atoms with E-state index in [1.807, 2.05) is 0 Å². The SMILES string of the molecule is COCC(=O)N1CCN(C(=O)C2CCC(CN)O2)CC1. The minimum atomic E-state index is -0.357. The lowest BCUT2D eigenvalue weighted by atomic mass is 10.1. The fraction of sp³-hybridized carbons (Fsp3) is 0.846. The highest BCUT2D eigenvalue weighted by molar-refractivity contribution is 5.82. The summed E-state index contributed by atoms with van der Waals surface area (Å²) in [7, 11) is 1.50. The van der Waals surface area contributed by atoms with Crippen LogP contribution in [-0.4, -0.2) is 80.3 Å². The number of nitrogens with zero attached hydrogens (tertiary/aromatic N) is 2. The summed E-state index contributed by atoms with van der Waals surface area (Å²) in [5.41, 5.74) is 5.55. The summed E-state index contributed by atoms with van der Waals surface area (Å²) in [6.45, 7) is 2.78. The third-order valence-corrected chi connectivity index (χ3v) is 3.86. The van der Waals surface area contributed by atoms with Gasteiger partial charge in [0.2, 0.25) is 5.91 Å². The summed E-state index contributed by atoms with van der Waals surface area (Å²) in [6.07, 6.45) is 1.24. The van der Waals surface area contributed by atoms with Crippen LogP contribution in [0.5, 0.6) is 0 Å². The molecule has 2 unspecified atom stereocenters. The summed E-state index contributed by atoms with van der Waals surface area (Å²) >= 11 is 0. The molecular formula is C13H23N3O4. The van der Waals surface area contributed by atoms with Crippen molar-refractivity contribution in [2.45, 2.75) is 25.0 Å². The van der Waals surface area contributed by atoms with E-state index in [0.717, 1.165) is 12.8 Å². The molecule has 2 amide bonds. The minimum absolute atomic E-state index is 0.00789. The number of carbonyl (C=O) groups excluding carboxylic acids is 2. The number of amides is 2. The number of piperazine rings is 1. The Bertz CT molecular complexity index is 356. The maximum atomic E-state index is 12.3. The first-order chi connectivity index (χ1) is 9.65. The predicted octanol–water partition coefficient (Wildman–Crippen LogP) is -1.19. The van der Waals surface area contributed by atoms with Crippen LogP contribution in [0.2, 0.25) is 0 Å². The van der Waals surface area contributed by atoms with Gasteiger partial charge >= 0.3 is 0 Å². The molecule has 7 nitrogen and oxygen atoms in total. The standard InChI is InChI=1S/C13H23N3O4/c1-19-9-12(17)15-4-6-16(7-5-15)13(18)11-3-2-10(8-14)20-11/h10-11H,2-9,14H2,1H3.